The summed E-state index contributed by atoms with van der Waals surface area (Å²) in [6.07, 6.45) is 0. The standard InChI is InChI=1S/C13H19F2NO3S/c1-13(2,3)19-11(17)7-16-6-9-4-5-10(18-9)8-20-12(14)15/h4-5,12,16H,6-8H2,1-3H3. The number of nitrogens with one attached hydrogen (secondary N) is 1. The number of esters is 1. The zero-order valence-corrected chi connectivity index (χ0v) is 12.6. The first-order valence-corrected chi connectivity index (χ1v) is 7.21. The quantitative estimate of drug-likeness (QED) is 0.784. The van der Waals surface area contributed by atoms with Crippen LogP contribution in [0.1, 0.15) is 32.3 Å². The lowest BCUT2D eigenvalue weighted by molar-refractivity contribution is -0.153. The third-order valence-corrected chi connectivity index (χ3v) is 2.76. The molecule has 1 aromatic rings. The van der Waals surface area contributed by atoms with Gasteiger partial charge in [-0.25, -0.2) is 0 Å². The van der Waals surface area contributed by atoms with Gasteiger partial charge in [0, 0.05) is 0 Å². The van der Waals surface area contributed by atoms with Gasteiger partial charge in [0.1, 0.15) is 17.1 Å². The third kappa shape index (κ3) is 7.49. The van der Waals surface area contributed by atoms with E-state index in [0.717, 1.165) is 0 Å². The Hall–Kier alpha value is -1.08. The summed E-state index contributed by atoms with van der Waals surface area (Å²) in [5.74, 6) is -1.54. The molecule has 0 radical (unpaired) electrons. The highest BCUT2D eigenvalue weighted by Crippen LogP contribution is 2.21. The zero-order valence-electron chi connectivity index (χ0n) is 11.7. The van der Waals surface area contributed by atoms with Crippen LogP contribution < -0.4 is 5.32 Å². The molecule has 0 unspecified atom stereocenters. The van der Waals surface area contributed by atoms with Crippen LogP contribution in [0.5, 0.6) is 0 Å². The van der Waals surface area contributed by atoms with E-state index in [1.165, 1.54) is 0 Å². The van der Waals surface area contributed by atoms with E-state index in [9.17, 15) is 13.6 Å². The molecule has 0 saturated carbocycles. The van der Waals surface area contributed by atoms with Gasteiger partial charge in [-0.05, 0) is 32.9 Å². The minimum absolute atomic E-state index is 0.0685. The number of halogens is 2. The Balaban J connectivity index is 2.27. The first kappa shape index (κ1) is 17.0. The second-order valence-electron chi connectivity index (χ2n) is 5.13. The molecule has 114 valence electrons. The number of hydrogen-bond donors (Lipinski definition) is 1. The van der Waals surface area contributed by atoms with E-state index in [0.29, 0.717) is 29.8 Å². The minimum Gasteiger partial charge on any atom is -0.464 e. The van der Waals surface area contributed by atoms with Gasteiger partial charge in [0.2, 0.25) is 0 Å². The third-order valence-electron chi connectivity index (χ3n) is 2.06. The van der Waals surface area contributed by atoms with Gasteiger partial charge in [0.15, 0.2) is 0 Å². The van der Waals surface area contributed by atoms with Crippen LogP contribution in [0.3, 0.4) is 0 Å². The number of thioether (sulfide) groups is 1. The van der Waals surface area contributed by atoms with Gasteiger partial charge >= 0.3 is 5.97 Å². The number of hydrogen-bond acceptors (Lipinski definition) is 5. The van der Waals surface area contributed by atoms with Crippen LogP contribution >= 0.6 is 11.8 Å². The normalized spacial score (nSPS) is 11.9. The fourth-order valence-corrected chi connectivity index (χ4v) is 1.85. The lowest BCUT2D eigenvalue weighted by Crippen LogP contribution is -2.31. The largest absolute Gasteiger partial charge is 0.464 e. The van der Waals surface area contributed by atoms with E-state index < -0.39 is 11.4 Å². The van der Waals surface area contributed by atoms with Gasteiger partial charge < -0.3 is 9.15 Å². The van der Waals surface area contributed by atoms with E-state index in [1.54, 1.807) is 32.9 Å². The van der Waals surface area contributed by atoms with E-state index in [2.05, 4.69) is 5.32 Å². The molecule has 0 aliphatic heterocycles. The van der Waals surface area contributed by atoms with Gasteiger partial charge in [-0.2, -0.15) is 8.78 Å². The summed E-state index contributed by atoms with van der Waals surface area (Å²) in [6, 6.07) is 3.35. The van der Waals surface area contributed by atoms with Crippen LogP contribution in [0, 0.1) is 0 Å². The van der Waals surface area contributed by atoms with Crippen molar-refractivity contribution in [1.29, 1.82) is 0 Å². The fourth-order valence-electron chi connectivity index (χ4n) is 1.41. The Bertz CT molecular complexity index is 429. The SMILES string of the molecule is CC(C)(C)OC(=O)CNCc1ccc(CSC(F)F)o1. The monoisotopic (exact) mass is 307 g/mol. The molecule has 1 rings (SSSR count). The highest BCUT2D eigenvalue weighted by molar-refractivity contribution is 7.98. The molecule has 4 nitrogen and oxygen atoms in total. The predicted molar refractivity (Wildman–Crippen MR) is 73.6 cm³/mol. The lowest BCUT2D eigenvalue weighted by Gasteiger charge is -2.19. The molecule has 0 spiro atoms. The van der Waals surface area contributed by atoms with E-state index in [4.69, 9.17) is 9.15 Å². The number of ether oxygens (including phenoxy) is 1. The van der Waals surface area contributed by atoms with Crippen LogP contribution in [0.15, 0.2) is 16.5 Å². The van der Waals surface area contributed by atoms with Crippen molar-refractivity contribution in [1.82, 2.24) is 5.32 Å². The van der Waals surface area contributed by atoms with E-state index in [-0.39, 0.29) is 18.3 Å². The molecule has 0 aliphatic rings. The molecule has 0 amide bonds. The molecule has 0 atom stereocenters. The predicted octanol–water partition coefficient (Wildman–Crippen LogP) is 3.17. The maximum atomic E-state index is 12.0. The summed E-state index contributed by atoms with van der Waals surface area (Å²) >= 11 is 0.511. The number of alkyl halides is 2. The second-order valence-corrected chi connectivity index (χ2v) is 6.11. The zero-order chi connectivity index (χ0) is 15.2. The highest BCUT2D eigenvalue weighted by atomic mass is 32.2. The topological polar surface area (TPSA) is 51.5 Å². The van der Waals surface area contributed by atoms with Gasteiger partial charge in [-0.1, -0.05) is 11.8 Å². The van der Waals surface area contributed by atoms with Crippen molar-refractivity contribution in [2.45, 2.75) is 44.4 Å². The number of furan rings is 1. The van der Waals surface area contributed by atoms with Gasteiger partial charge in [0.05, 0.1) is 18.8 Å². The van der Waals surface area contributed by atoms with Gasteiger partial charge in [0.25, 0.3) is 5.76 Å². The van der Waals surface area contributed by atoms with Crippen molar-refractivity contribution in [3.63, 3.8) is 0 Å². The van der Waals surface area contributed by atoms with Crippen molar-refractivity contribution in [3.05, 3.63) is 23.7 Å². The first-order valence-electron chi connectivity index (χ1n) is 6.16. The summed E-state index contributed by atoms with van der Waals surface area (Å²) in [7, 11) is 0. The van der Waals surface area contributed by atoms with Crippen molar-refractivity contribution < 1.29 is 22.7 Å². The lowest BCUT2D eigenvalue weighted by atomic mass is 10.2. The van der Waals surface area contributed by atoms with E-state index in [1.807, 2.05) is 0 Å². The van der Waals surface area contributed by atoms with Crippen LogP contribution in [0.25, 0.3) is 0 Å². The Morgan fingerprint density at radius 3 is 2.65 bits per heavy atom. The van der Waals surface area contributed by atoms with Crippen LogP contribution in [0.4, 0.5) is 8.78 Å². The van der Waals surface area contributed by atoms with Gasteiger partial charge in [-0.3, -0.25) is 10.1 Å². The highest BCUT2D eigenvalue weighted by Gasteiger charge is 2.15. The maximum absolute atomic E-state index is 12.0. The van der Waals surface area contributed by atoms with Crippen LogP contribution in [-0.4, -0.2) is 23.9 Å². The number of rotatable bonds is 7. The molecular weight excluding hydrogens is 288 g/mol. The summed E-state index contributed by atoms with van der Waals surface area (Å²) in [4.78, 5) is 11.4. The average Bonchev–Trinajstić information content (AvgIpc) is 2.72. The molecule has 1 N–H and O–H groups in total. The van der Waals surface area contributed by atoms with Gasteiger partial charge in [-0.15, -0.1) is 0 Å². The van der Waals surface area contributed by atoms with Crippen molar-refractivity contribution in [2.24, 2.45) is 0 Å². The Morgan fingerprint density at radius 2 is 2.05 bits per heavy atom. The molecular formula is C13H19F2NO3S. The smallest absolute Gasteiger partial charge is 0.320 e. The van der Waals surface area contributed by atoms with Crippen molar-refractivity contribution >= 4 is 17.7 Å². The minimum atomic E-state index is -2.41. The summed E-state index contributed by atoms with van der Waals surface area (Å²) in [6.45, 7) is 5.80. The fraction of sp³-hybridized carbons (Fsp3) is 0.615. The number of carbonyl (C=O) groups is 1. The summed E-state index contributed by atoms with van der Waals surface area (Å²) in [5.41, 5.74) is -0.511. The first-order chi connectivity index (χ1) is 9.26. The Kier molecular flexibility index (Phi) is 6.48. The molecule has 0 aromatic carbocycles. The van der Waals surface area contributed by atoms with Crippen molar-refractivity contribution in [3.8, 4) is 0 Å². The molecule has 1 aromatic heterocycles. The second kappa shape index (κ2) is 7.64. The van der Waals surface area contributed by atoms with Crippen molar-refractivity contribution in [2.75, 3.05) is 6.54 Å². The average molecular weight is 307 g/mol. The molecule has 0 fully saturated rings. The Morgan fingerprint density at radius 1 is 1.40 bits per heavy atom. The molecule has 0 saturated heterocycles. The number of carbonyl (C=O) groups excluding carboxylic acids is 1. The van der Waals surface area contributed by atoms with Crippen LogP contribution in [-0.2, 0) is 21.8 Å². The van der Waals surface area contributed by atoms with E-state index >= 15 is 0 Å². The molecule has 20 heavy (non-hydrogen) atoms. The molecule has 0 aliphatic carbocycles. The molecule has 0 bridgehead atoms. The molecule has 1 heterocycles. The van der Waals surface area contributed by atoms with Crippen LogP contribution in [0.2, 0.25) is 0 Å². The summed E-state index contributed by atoms with van der Waals surface area (Å²) < 4.78 is 34.5. The summed E-state index contributed by atoms with van der Waals surface area (Å²) in [5, 5.41) is 2.88. The maximum Gasteiger partial charge on any atom is 0.320 e. The Labute approximate surface area is 121 Å². The molecule has 7 heteroatoms.